The van der Waals surface area contributed by atoms with Crippen LogP contribution >= 0.6 is 0 Å². The van der Waals surface area contributed by atoms with Gasteiger partial charge in [0.15, 0.2) is 0 Å². The van der Waals surface area contributed by atoms with Crippen molar-refractivity contribution >= 4 is 17.8 Å². The van der Waals surface area contributed by atoms with Crippen LogP contribution in [0.4, 0.5) is 13.2 Å². The molecule has 1 unspecified atom stereocenters. The number of hydrogen-bond donors (Lipinski definition) is 2. The number of nitrogens with zero attached hydrogens (tertiary/aromatic N) is 1. The number of hydrogen-bond acceptors (Lipinski definition) is 6. The van der Waals surface area contributed by atoms with Crippen molar-refractivity contribution in [2.75, 3.05) is 13.1 Å². The van der Waals surface area contributed by atoms with Crippen LogP contribution in [0.15, 0.2) is 35.6 Å². The van der Waals surface area contributed by atoms with Crippen molar-refractivity contribution in [3.63, 3.8) is 0 Å². The third kappa shape index (κ3) is 7.17. The van der Waals surface area contributed by atoms with Gasteiger partial charge in [0, 0.05) is 19.0 Å². The number of carbonyl (C=O) groups excluding carboxylic acids is 3. The normalized spacial score (nSPS) is 17.3. The van der Waals surface area contributed by atoms with Crippen LogP contribution in [-0.4, -0.2) is 52.8 Å². The minimum atomic E-state index is -4.82. The summed E-state index contributed by atoms with van der Waals surface area (Å²) in [7, 11) is 0. The van der Waals surface area contributed by atoms with Gasteiger partial charge >= 0.3 is 12.3 Å². The molecule has 0 aliphatic carbocycles. The molecule has 8 nitrogen and oxygen atoms in total. The molecule has 11 heteroatoms. The number of amides is 2. The van der Waals surface area contributed by atoms with E-state index in [1.807, 2.05) is 0 Å². The quantitative estimate of drug-likeness (QED) is 0.502. The fourth-order valence-corrected chi connectivity index (χ4v) is 3.00. The van der Waals surface area contributed by atoms with E-state index >= 15 is 0 Å². The molecule has 2 rings (SSSR count). The first-order valence-electron chi connectivity index (χ1n) is 9.73. The minimum Gasteiger partial charge on any atom is -0.511 e. The Morgan fingerprint density at radius 1 is 1.19 bits per heavy atom. The number of aliphatic hydroxyl groups is 1. The van der Waals surface area contributed by atoms with E-state index < -0.39 is 59.3 Å². The van der Waals surface area contributed by atoms with Crippen LogP contribution in [0, 0.1) is 5.92 Å². The molecule has 0 spiro atoms. The Morgan fingerprint density at radius 3 is 2.31 bits per heavy atom. The highest BCUT2D eigenvalue weighted by molar-refractivity contribution is 6.19. The average molecular weight is 458 g/mol. The minimum absolute atomic E-state index is 0.00834. The summed E-state index contributed by atoms with van der Waals surface area (Å²) < 4.78 is 45.8. The molecule has 0 saturated heterocycles. The first kappa shape index (κ1) is 25.0. The second-order valence-electron chi connectivity index (χ2n) is 8.31. The van der Waals surface area contributed by atoms with Crippen molar-refractivity contribution in [2.24, 2.45) is 5.92 Å². The maximum absolute atomic E-state index is 12.8. The number of alkyl halides is 3. The lowest BCUT2D eigenvalue weighted by Crippen LogP contribution is -2.46. The predicted octanol–water partition coefficient (Wildman–Crippen LogP) is 2.83. The van der Waals surface area contributed by atoms with Crippen molar-refractivity contribution in [3.05, 3.63) is 41.2 Å². The maximum atomic E-state index is 12.8. The second kappa shape index (κ2) is 9.49. The van der Waals surface area contributed by atoms with E-state index in [0.717, 1.165) is 12.1 Å². The second-order valence-corrected chi connectivity index (χ2v) is 8.31. The zero-order chi connectivity index (χ0) is 24.3. The highest BCUT2D eigenvalue weighted by Gasteiger charge is 2.36. The van der Waals surface area contributed by atoms with Gasteiger partial charge in [0.05, 0.1) is 0 Å². The topological polar surface area (TPSA) is 105 Å². The molecule has 0 aromatic heterocycles. The van der Waals surface area contributed by atoms with E-state index in [4.69, 9.17) is 4.74 Å². The van der Waals surface area contributed by atoms with Crippen molar-refractivity contribution in [3.8, 4) is 5.75 Å². The van der Waals surface area contributed by atoms with Gasteiger partial charge in [-0.25, -0.2) is 0 Å². The summed E-state index contributed by atoms with van der Waals surface area (Å²) in [4.78, 5) is 38.4. The van der Waals surface area contributed by atoms with Crippen LogP contribution < -0.4 is 10.1 Å². The molecule has 1 aliphatic heterocycles. The number of ether oxygens (including phenoxy) is 2. The third-order valence-electron chi connectivity index (χ3n) is 4.29. The van der Waals surface area contributed by atoms with E-state index in [2.05, 4.69) is 10.1 Å². The average Bonchev–Trinajstić information content (AvgIpc) is 2.63. The third-order valence-corrected chi connectivity index (χ3v) is 4.29. The van der Waals surface area contributed by atoms with Gasteiger partial charge in [-0.3, -0.25) is 14.4 Å². The van der Waals surface area contributed by atoms with Crippen LogP contribution in [0.1, 0.15) is 33.3 Å². The standard InChI is InChI=1S/C21H25F3N2O6/c1-12-10-26(11-13-5-7-14(8-6-13)31-21(22,23)24)19(30)16(17(12)28)18(29)25-9-15(27)32-20(2,3)4/h5-8,12,28H,9-11H2,1-4H3,(H,25,29). The van der Waals surface area contributed by atoms with Crippen LogP contribution in [-0.2, 0) is 25.7 Å². The monoisotopic (exact) mass is 458 g/mol. The Labute approximate surface area is 183 Å². The Kier molecular flexibility index (Phi) is 7.42. The van der Waals surface area contributed by atoms with Crippen molar-refractivity contribution in [1.29, 1.82) is 0 Å². The van der Waals surface area contributed by atoms with Crippen molar-refractivity contribution < 1.29 is 42.1 Å². The number of halogens is 3. The predicted molar refractivity (Wildman–Crippen MR) is 106 cm³/mol. The summed E-state index contributed by atoms with van der Waals surface area (Å²) in [6.07, 6.45) is -4.82. The number of nitrogens with one attached hydrogen (secondary N) is 1. The van der Waals surface area contributed by atoms with Crippen LogP contribution in [0.3, 0.4) is 0 Å². The Morgan fingerprint density at radius 2 is 1.78 bits per heavy atom. The highest BCUT2D eigenvalue weighted by Crippen LogP contribution is 2.26. The number of esters is 1. The summed E-state index contributed by atoms with van der Waals surface area (Å²) >= 11 is 0. The van der Waals surface area contributed by atoms with Gasteiger partial charge in [-0.2, -0.15) is 0 Å². The van der Waals surface area contributed by atoms with Gasteiger partial charge in [0.1, 0.15) is 29.2 Å². The molecule has 176 valence electrons. The molecule has 1 aliphatic rings. The van der Waals surface area contributed by atoms with Crippen LogP contribution in [0.5, 0.6) is 5.75 Å². The SMILES string of the molecule is CC1CN(Cc2ccc(OC(F)(F)F)cc2)C(=O)C(C(=O)NCC(=O)OC(C)(C)C)=C1O. The molecular formula is C21H25F3N2O6. The lowest BCUT2D eigenvalue weighted by Gasteiger charge is -2.32. The van der Waals surface area contributed by atoms with Gasteiger partial charge < -0.3 is 24.8 Å². The molecule has 1 aromatic carbocycles. The number of carbonyl (C=O) groups is 3. The molecule has 1 atom stereocenters. The van der Waals surface area contributed by atoms with E-state index in [0.29, 0.717) is 5.56 Å². The number of rotatable bonds is 6. The molecule has 0 bridgehead atoms. The highest BCUT2D eigenvalue weighted by atomic mass is 19.4. The Bertz CT molecular complexity index is 904. The molecule has 1 heterocycles. The summed E-state index contributed by atoms with van der Waals surface area (Å²) in [6, 6.07) is 4.95. The Balaban J connectivity index is 2.08. The molecule has 0 saturated carbocycles. The van der Waals surface area contributed by atoms with Gasteiger partial charge in [-0.15, -0.1) is 13.2 Å². The fourth-order valence-electron chi connectivity index (χ4n) is 3.00. The van der Waals surface area contributed by atoms with E-state index in [1.54, 1.807) is 27.7 Å². The van der Waals surface area contributed by atoms with Gasteiger partial charge in [-0.05, 0) is 38.5 Å². The van der Waals surface area contributed by atoms with Crippen LogP contribution in [0.2, 0.25) is 0 Å². The molecule has 32 heavy (non-hydrogen) atoms. The summed E-state index contributed by atoms with van der Waals surface area (Å²) in [6.45, 7) is 6.18. The van der Waals surface area contributed by atoms with E-state index in [1.165, 1.54) is 17.0 Å². The largest absolute Gasteiger partial charge is 0.573 e. The molecule has 2 N–H and O–H groups in total. The van der Waals surface area contributed by atoms with E-state index in [9.17, 15) is 32.7 Å². The zero-order valence-electron chi connectivity index (χ0n) is 18.1. The first-order valence-corrected chi connectivity index (χ1v) is 9.73. The fraction of sp³-hybridized carbons (Fsp3) is 0.476. The molecule has 1 aromatic rings. The molecule has 2 amide bonds. The van der Waals surface area contributed by atoms with Crippen molar-refractivity contribution in [2.45, 2.75) is 46.2 Å². The Hall–Kier alpha value is -3.24. The van der Waals surface area contributed by atoms with Gasteiger partial charge in [-0.1, -0.05) is 19.1 Å². The number of benzene rings is 1. The molecule has 0 fully saturated rings. The molecular weight excluding hydrogens is 433 g/mol. The summed E-state index contributed by atoms with van der Waals surface area (Å²) in [5.41, 5.74) is -0.755. The van der Waals surface area contributed by atoms with E-state index in [-0.39, 0.29) is 13.1 Å². The lowest BCUT2D eigenvalue weighted by molar-refractivity contribution is -0.274. The van der Waals surface area contributed by atoms with Crippen LogP contribution in [0.25, 0.3) is 0 Å². The van der Waals surface area contributed by atoms with Crippen molar-refractivity contribution in [1.82, 2.24) is 10.2 Å². The zero-order valence-corrected chi connectivity index (χ0v) is 18.1. The maximum Gasteiger partial charge on any atom is 0.573 e. The smallest absolute Gasteiger partial charge is 0.511 e. The van der Waals surface area contributed by atoms with Gasteiger partial charge in [0.25, 0.3) is 11.8 Å². The number of aliphatic hydroxyl groups excluding tert-OH is 1. The summed E-state index contributed by atoms with van der Waals surface area (Å²) in [5, 5.41) is 12.6. The summed E-state index contributed by atoms with van der Waals surface area (Å²) in [5.74, 6) is -3.77. The lowest BCUT2D eigenvalue weighted by atomic mass is 9.97. The first-order chi connectivity index (χ1) is 14.7. The molecule has 0 radical (unpaired) electrons. The van der Waals surface area contributed by atoms with Gasteiger partial charge in [0.2, 0.25) is 0 Å².